The van der Waals surface area contributed by atoms with Crippen molar-refractivity contribution in [3.8, 4) is 0 Å². The first-order chi connectivity index (χ1) is 8.12. The first-order valence-corrected chi connectivity index (χ1v) is 4.72. The number of halogens is 3. The molecule has 0 aliphatic carbocycles. The van der Waals surface area contributed by atoms with Crippen molar-refractivity contribution in [1.29, 1.82) is 0 Å². The highest BCUT2D eigenvalue weighted by Gasteiger charge is 2.39. The Bertz CT molecular complexity index is 489. The van der Waals surface area contributed by atoms with Gasteiger partial charge in [0.25, 0.3) is 0 Å². The molecule has 0 aliphatic rings. The van der Waals surface area contributed by atoms with E-state index in [9.17, 15) is 22.8 Å². The summed E-state index contributed by atoms with van der Waals surface area (Å²) in [6.45, 7) is 2.74. The molecule has 2 N–H and O–H groups in total. The van der Waals surface area contributed by atoms with E-state index in [4.69, 9.17) is 5.11 Å². The van der Waals surface area contributed by atoms with Crippen LogP contribution in [0.5, 0.6) is 0 Å². The lowest BCUT2D eigenvalue weighted by atomic mass is 10.1. The van der Waals surface area contributed by atoms with Gasteiger partial charge in [-0.05, 0) is 25.5 Å². The molecule has 0 aliphatic heterocycles. The number of aromatic carboxylic acids is 1. The average Bonchev–Trinajstić information content (AvgIpc) is 2.13. The Balaban J connectivity index is 3.08. The van der Waals surface area contributed by atoms with E-state index >= 15 is 0 Å². The summed E-state index contributed by atoms with van der Waals surface area (Å²) in [5, 5.41) is 10.4. The van der Waals surface area contributed by atoms with E-state index in [-0.39, 0.29) is 22.6 Å². The third-order valence-corrected chi connectivity index (χ3v) is 2.11. The second-order valence-corrected chi connectivity index (χ2v) is 3.54. The second kappa shape index (κ2) is 4.63. The van der Waals surface area contributed by atoms with Gasteiger partial charge in [-0.3, -0.25) is 4.79 Å². The number of carbonyl (C=O) groups excluding carboxylic acids is 1. The zero-order chi connectivity index (χ0) is 14.1. The zero-order valence-corrected chi connectivity index (χ0v) is 9.42. The molecular formula is C10H9F3N2O3. The third kappa shape index (κ3) is 2.96. The van der Waals surface area contributed by atoms with Crippen molar-refractivity contribution < 1.29 is 27.9 Å². The molecule has 5 nitrogen and oxygen atoms in total. The molecule has 18 heavy (non-hydrogen) atoms. The summed E-state index contributed by atoms with van der Waals surface area (Å²) in [5.41, 5.74) is 0.146. The first-order valence-electron chi connectivity index (χ1n) is 4.72. The Morgan fingerprint density at radius 1 is 1.33 bits per heavy atom. The van der Waals surface area contributed by atoms with Gasteiger partial charge in [0.05, 0.1) is 11.3 Å². The molecule has 0 radical (unpaired) electrons. The Labute approximate surface area is 99.6 Å². The molecule has 0 fully saturated rings. The SMILES string of the molecule is Cc1cc(NC(=O)C(F)(F)F)nc(C)c1C(=O)O. The van der Waals surface area contributed by atoms with Gasteiger partial charge in [-0.25, -0.2) is 9.78 Å². The van der Waals surface area contributed by atoms with Gasteiger partial charge >= 0.3 is 18.1 Å². The summed E-state index contributed by atoms with van der Waals surface area (Å²) in [5.74, 6) is -3.72. The number of alkyl halides is 3. The summed E-state index contributed by atoms with van der Waals surface area (Å²) >= 11 is 0. The van der Waals surface area contributed by atoms with Crippen molar-refractivity contribution in [2.24, 2.45) is 0 Å². The fraction of sp³-hybridized carbons (Fsp3) is 0.300. The predicted molar refractivity (Wildman–Crippen MR) is 55.4 cm³/mol. The highest BCUT2D eigenvalue weighted by molar-refractivity contribution is 5.95. The van der Waals surface area contributed by atoms with Crippen LogP contribution in [0.4, 0.5) is 19.0 Å². The number of nitrogens with one attached hydrogen (secondary N) is 1. The largest absolute Gasteiger partial charge is 0.478 e. The van der Waals surface area contributed by atoms with Crippen LogP contribution in [0, 0.1) is 13.8 Å². The minimum absolute atomic E-state index is 0.0278. The zero-order valence-electron chi connectivity index (χ0n) is 9.42. The molecule has 98 valence electrons. The van der Waals surface area contributed by atoms with Crippen LogP contribution < -0.4 is 5.32 Å². The minimum Gasteiger partial charge on any atom is -0.478 e. The maximum Gasteiger partial charge on any atom is 0.471 e. The topological polar surface area (TPSA) is 79.3 Å². The van der Waals surface area contributed by atoms with E-state index in [2.05, 4.69) is 4.98 Å². The van der Waals surface area contributed by atoms with Crippen LogP contribution in [0.3, 0.4) is 0 Å². The summed E-state index contributed by atoms with van der Waals surface area (Å²) < 4.78 is 36.0. The Morgan fingerprint density at radius 2 is 1.89 bits per heavy atom. The molecule has 0 atom stereocenters. The van der Waals surface area contributed by atoms with E-state index in [1.54, 1.807) is 5.32 Å². The molecular weight excluding hydrogens is 253 g/mol. The predicted octanol–water partition coefficient (Wildman–Crippen LogP) is 1.90. The monoisotopic (exact) mass is 262 g/mol. The van der Waals surface area contributed by atoms with Crippen LogP contribution >= 0.6 is 0 Å². The van der Waals surface area contributed by atoms with Crippen LogP contribution in [0.2, 0.25) is 0 Å². The van der Waals surface area contributed by atoms with Crippen molar-refractivity contribution in [3.63, 3.8) is 0 Å². The van der Waals surface area contributed by atoms with Gasteiger partial charge in [-0.15, -0.1) is 0 Å². The molecule has 0 bridgehead atoms. The molecule has 8 heteroatoms. The van der Waals surface area contributed by atoms with Crippen molar-refractivity contribution in [2.75, 3.05) is 5.32 Å². The van der Waals surface area contributed by atoms with E-state index in [1.807, 2.05) is 0 Å². The van der Waals surface area contributed by atoms with Crippen LogP contribution in [0.1, 0.15) is 21.6 Å². The summed E-state index contributed by atoms with van der Waals surface area (Å²) in [4.78, 5) is 25.1. The van der Waals surface area contributed by atoms with Crippen LogP contribution in [-0.4, -0.2) is 28.1 Å². The van der Waals surface area contributed by atoms with Crippen LogP contribution in [0.25, 0.3) is 0 Å². The van der Waals surface area contributed by atoms with E-state index in [1.165, 1.54) is 13.8 Å². The molecule has 1 heterocycles. The number of carboxylic acid groups (broad SMARTS) is 1. The van der Waals surface area contributed by atoms with Gasteiger partial charge in [0.2, 0.25) is 0 Å². The van der Waals surface area contributed by atoms with Gasteiger partial charge in [-0.2, -0.15) is 13.2 Å². The van der Waals surface area contributed by atoms with Gasteiger partial charge in [-0.1, -0.05) is 0 Å². The van der Waals surface area contributed by atoms with Crippen molar-refractivity contribution in [3.05, 3.63) is 22.9 Å². The van der Waals surface area contributed by atoms with Crippen LogP contribution in [-0.2, 0) is 4.79 Å². The summed E-state index contributed by atoms with van der Waals surface area (Å²) in [7, 11) is 0. The maximum absolute atomic E-state index is 12.0. The number of carbonyl (C=O) groups is 2. The molecule has 0 saturated carbocycles. The highest BCUT2D eigenvalue weighted by Crippen LogP contribution is 2.20. The Kier molecular flexibility index (Phi) is 3.59. The minimum atomic E-state index is -5.02. The van der Waals surface area contributed by atoms with Gasteiger partial charge in [0.1, 0.15) is 5.82 Å². The molecule has 1 rings (SSSR count). The number of rotatable bonds is 2. The fourth-order valence-electron chi connectivity index (χ4n) is 1.41. The van der Waals surface area contributed by atoms with Gasteiger partial charge < -0.3 is 10.4 Å². The van der Waals surface area contributed by atoms with Crippen molar-refractivity contribution in [2.45, 2.75) is 20.0 Å². The molecule has 1 amide bonds. The molecule has 1 aromatic heterocycles. The number of amides is 1. The number of aromatic nitrogens is 1. The lowest BCUT2D eigenvalue weighted by Gasteiger charge is -2.10. The lowest BCUT2D eigenvalue weighted by Crippen LogP contribution is -2.30. The number of nitrogens with zero attached hydrogens (tertiary/aromatic N) is 1. The quantitative estimate of drug-likeness (QED) is 0.853. The highest BCUT2D eigenvalue weighted by atomic mass is 19.4. The van der Waals surface area contributed by atoms with Crippen molar-refractivity contribution >= 4 is 17.7 Å². The standard InChI is InChI=1S/C10H9F3N2O3/c1-4-3-6(15-9(18)10(11,12)13)14-5(2)7(4)8(16)17/h3H,1-2H3,(H,16,17)(H,14,15,18). The smallest absolute Gasteiger partial charge is 0.471 e. The van der Waals surface area contributed by atoms with E-state index < -0.39 is 18.1 Å². The number of aryl methyl sites for hydroxylation is 2. The molecule has 1 aromatic rings. The molecule has 0 aromatic carbocycles. The summed E-state index contributed by atoms with van der Waals surface area (Å²) in [6, 6.07) is 1.07. The van der Waals surface area contributed by atoms with E-state index in [0.29, 0.717) is 0 Å². The Hall–Kier alpha value is -2.12. The number of hydrogen-bond donors (Lipinski definition) is 2. The van der Waals surface area contributed by atoms with Gasteiger partial charge in [0, 0.05) is 0 Å². The van der Waals surface area contributed by atoms with Crippen LogP contribution in [0.15, 0.2) is 6.07 Å². The average molecular weight is 262 g/mol. The van der Waals surface area contributed by atoms with E-state index in [0.717, 1.165) is 6.07 Å². The summed E-state index contributed by atoms with van der Waals surface area (Å²) in [6.07, 6.45) is -5.02. The van der Waals surface area contributed by atoms with Crippen molar-refractivity contribution in [1.82, 2.24) is 4.98 Å². The van der Waals surface area contributed by atoms with Gasteiger partial charge in [0.15, 0.2) is 0 Å². The molecule has 0 spiro atoms. The normalized spacial score (nSPS) is 11.2. The molecule has 0 saturated heterocycles. The first kappa shape index (κ1) is 13.9. The second-order valence-electron chi connectivity index (χ2n) is 3.54. The number of pyridine rings is 1. The number of carboxylic acids is 1. The number of hydrogen-bond acceptors (Lipinski definition) is 3. The molecule has 0 unspecified atom stereocenters. The third-order valence-electron chi connectivity index (χ3n) is 2.11. The lowest BCUT2D eigenvalue weighted by molar-refractivity contribution is -0.167. The Morgan fingerprint density at radius 3 is 2.28 bits per heavy atom. The maximum atomic E-state index is 12.0. The number of anilines is 1. The fourth-order valence-corrected chi connectivity index (χ4v) is 1.41.